The summed E-state index contributed by atoms with van der Waals surface area (Å²) < 4.78 is 5.00. The van der Waals surface area contributed by atoms with Gasteiger partial charge in [-0.1, -0.05) is 37.3 Å². The van der Waals surface area contributed by atoms with Crippen LogP contribution in [0.4, 0.5) is 0 Å². The number of carboxylic acids is 1. The van der Waals surface area contributed by atoms with E-state index in [1.807, 2.05) is 13.0 Å². The van der Waals surface area contributed by atoms with Gasteiger partial charge in [0.15, 0.2) is 0 Å². The second-order valence-corrected chi connectivity index (χ2v) is 5.54. The first-order valence-electron chi connectivity index (χ1n) is 6.94. The van der Waals surface area contributed by atoms with Gasteiger partial charge >= 0.3 is 5.97 Å². The molecule has 0 fully saturated rings. The highest BCUT2D eigenvalue weighted by Gasteiger charge is 2.37. The second kappa shape index (κ2) is 7.78. The molecule has 0 aliphatic heterocycles. The van der Waals surface area contributed by atoms with Gasteiger partial charge in [-0.3, -0.25) is 9.59 Å². The number of carboxylic acid groups (broad SMARTS) is 1. The van der Waals surface area contributed by atoms with Gasteiger partial charge in [0.25, 0.3) is 0 Å². The molecule has 21 heavy (non-hydrogen) atoms. The molecule has 2 N–H and O–H groups in total. The molecule has 0 heterocycles. The Morgan fingerprint density at radius 3 is 2.48 bits per heavy atom. The number of carbonyl (C=O) groups is 2. The number of aliphatic carboxylic acids is 1. The average molecular weight is 293 g/mol. The first-order chi connectivity index (χ1) is 9.90. The zero-order chi connectivity index (χ0) is 15.9. The third-order valence-electron chi connectivity index (χ3n) is 3.50. The van der Waals surface area contributed by atoms with Gasteiger partial charge in [0, 0.05) is 20.1 Å². The van der Waals surface area contributed by atoms with Crippen LogP contribution >= 0.6 is 0 Å². The summed E-state index contributed by atoms with van der Waals surface area (Å²) in [4.78, 5) is 23.6. The number of benzene rings is 1. The van der Waals surface area contributed by atoms with Crippen LogP contribution in [0.15, 0.2) is 30.3 Å². The van der Waals surface area contributed by atoms with Crippen LogP contribution in [-0.2, 0) is 19.7 Å². The number of hydrogen-bond acceptors (Lipinski definition) is 3. The Bertz CT molecular complexity index is 474. The molecule has 0 saturated carbocycles. The van der Waals surface area contributed by atoms with Crippen molar-refractivity contribution >= 4 is 11.9 Å². The van der Waals surface area contributed by atoms with E-state index in [-0.39, 0.29) is 18.2 Å². The number of carbonyl (C=O) groups excluding carboxylic acids is 1. The number of nitrogens with one attached hydrogen (secondary N) is 1. The third-order valence-corrected chi connectivity index (χ3v) is 3.50. The quantitative estimate of drug-likeness (QED) is 0.766. The maximum Gasteiger partial charge on any atom is 0.314 e. The minimum absolute atomic E-state index is 0.0912. The van der Waals surface area contributed by atoms with E-state index in [1.165, 1.54) is 0 Å². The Hall–Kier alpha value is -1.88. The van der Waals surface area contributed by atoms with Crippen LogP contribution in [0.1, 0.15) is 25.8 Å². The van der Waals surface area contributed by atoms with E-state index in [1.54, 1.807) is 38.3 Å². The van der Waals surface area contributed by atoms with Gasteiger partial charge in [-0.05, 0) is 18.4 Å². The summed E-state index contributed by atoms with van der Waals surface area (Å²) in [5.74, 6) is -1.09. The zero-order valence-electron chi connectivity index (χ0n) is 12.8. The molecule has 5 nitrogen and oxygen atoms in total. The number of methoxy groups -OCH3 is 1. The van der Waals surface area contributed by atoms with E-state index in [4.69, 9.17) is 4.74 Å². The predicted octanol–water partition coefficient (Wildman–Crippen LogP) is 1.82. The van der Waals surface area contributed by atoms with Gasteiger partial charge in [-0.15, -0.1) is 0 Å². The molecule has 116 valence electrons. The van der Waals surface area contributed by atoms with Crippen molar-refractivity contribution in [2.45, 2.75) is 25.7 Å². The van der Waals surface area contributed by atoms with Crippen molar-refractivity contribution in [2.24, 2.45) is 5.92 Å². The van der Waals surface area contributed by atoms with Crippen molar-refractivity contribution in [3.05, 3.63) is 35.9 Å². The topological polar surface area (TPSA) is 75.6 Å². The Balaban J connectivity index is 2.71. The third kappa shape index (κ3) is 4.86. The maximum absolute atomic E-state index is 12.0. The van der Waals surface area contributed by atoms with Gasteiger partial charge in [0.2, 0.25) is 5.91 Å². The molecule has 1 aromatic carbocycles. The van der Waals surface area contributed by atoms with Crippen molar-refractivity contribution < 1.29 is 19.4 Å². The lowest BCUT2D eigenvalue weighted by Gasteiger charge is -2.25. The van der Waals surface area contributed by atoms with Crippen molar-refractivity contribution in [2.75, 3.05) is 20.3 Å². The first kappa shape index (κ1) is 17.2. The summed E-state index contributed by atoms with van der Waals surface area (Å²) >= 11 is 0. The van der Waals surface area contributed by atoms with Crippen LogP contribution < -0.4 is 5.32 Å². The summed E-state index contributed by atoms with van der Waals surface area (Å²) in [6.07, 6.45) is -0.0912. The Morgan fingerprint density at radius 2 is 1.95 bits per heavy atom. The molecule has 1 aromatic rings. The molecule has 0 bridgehead atoms. The molecule has 0 aromatic heterocycles. The molecule has 5 heteroatoms. The van der Waals surface area contributed by atoms with E-state index in [0.717, 1.165) is 0 Å². The second-order valence-electron chi connectivity index (χ2n) is 5.54. The fourth-order valence-corrected chi connectivity index (χ4v) is 2.12. The van der Waals surface area contributed by atoms with Crippen LogP contribution in [0.3, 0.4) is 0 Å². The van der Waals surface area contributed by atoms with Gasteiger partial charge in [-0.25, -0.2) is 0 Å². The Morgan fingerprint density at radius 1 is 1.33 bits per heavy atom. The van der Waals surface area contributed by atoms with Crippen LogP contribution in [0.2, 0.25) is 0 Å². The number of amides is 1. The predicted molar refractivity (Wildman–Crippen MR) is 80.1 cm³/mol. The minimum atomic E-state index is -1.23. The van der Waals surface area contributed by atoms with Gasteiger partial charge in [0.05, 0.1) is 12.0 Å². The number of hydrogen-bond donors (Lipinski definition) is 2. The summed E-state index contributed by atoms with van der Waals surface area (Å²) in [6, 6.07) is 8.83. The highest BCUT2D eigenvalue weighted by atomic mass is 16.5. The SMILES string of the molecule is COCC(C)CNC(=O)CC(C)(C(=O)O)c1ccccc1. The van der Waals surface area contributed by atoms with Crippen LogP contribution in [0.25, 0.3) is 0 Å². The van der Waals surface area contributed by atoms with Crippen LogP contribution in [0, 0.1) is 5.92 Å². The molecule has 1 amide bonds. The lowest BCUT2D eigenvalue weighted by molar-refractivity contribution is -0.145. The molecule has 0 aliphatic rings. The normalized spacial score (nSPS) is 15.0. The molecular weight excluding hydrogens is 270 g/mol. The van der Waals surface area contributed by atoms with E-state index in [0.29, 0.717) is 18.7 Å². The average Bonchev–Trinajstić information content (AvgIpc) is 2.46. The molecule has 0 saturated heterocycles. The summed E-state index contributed by atoms with van der Waals surface area (Å²) in [7, 11) is 1.61. The first-order valence-corrected chi connectivity index (χ1v) is 6.94. The standard InChI is InChI=1S/C16H23NO4/c1-12(11-21-3)10-17-14(18)9-16(2,15(19)20)13-7-5-4-6-8-13/h4-8,12H,9-11H2,1-3H3,(H,17,18)(H,19,20). The maximum atomic E-state index is 12.0. The van der Waals surface area contributed by atoms with Crippen molar-refractivity contribution in [1.82, 2.24) is 5.32 Å². The highest BCUT2D eigenvalue weighted by molar-refractivity contribution is 5.89. The molecule has 2 atom stereocenters. The van der Waals surface area contributed by atoms with E-state index in [2.05, 4.69) is 5.32 Å². The molecule has 2 unspecified atom stereocenters. The number of rotatable bonds is 8. The Labute approximate surface area is 125 Å². The molecule has 0 radical (unpaired) electrons. The zero-order valence-corrected chi connectivity index (χ0v) is 12.8. The summed E-state index contributed by atoms with van der Waals surface area (Å²) in [6.45, 7) is 4.55. The number of ether oxygens (including phenoxy) is 1. The molecule has 0 spiro atoms. The Kier molecular flexibility index (Phi) is 6.37. The summed E-state index contributed by atoms with van der Waals surface area (Å²) in [5.41, 5.74) is -0.604. The van der Waals surface area contributed by atoms with Crippen molar-refractivity contribution in [3.8, 4) is 0 Å². The van der Waals surface area contributed by atoms with Gasteiger partial charge in [-0.2, -0.15) is 0 Å². The lowest BCUT2D eigenvalue weighted by atomic mass is 9.79. The smallest absolute Gasteiger partial charge is 0.314 e. The van der Waals surface area contributed by atoms with Crippen LogP contribution in [-0.4, -0.2) is 37.2 Å². The lowest BCUT2D eigenvalue weighted by Crippen LogP contribution is -2.40. The largest absolute Gasteiger partial charge is 0.481 e. The van der Waals surface area contributed by atoms with Crippen molar-refractivity contribution in [1.29, 1.82) is 0 Å². The minimum Gasteiger partial charge on any atom is -0.481 e. The van der Waals surface area contributed by atoms with Gasteiger partial charge in [0.1, 0.15) is 0 Å². The van der Waals surface area contributed by atoms with Gasteiger partial charge < -0.3 is 15.2 Å². The summed E-state index contributed by atoms with van der Waals surface area (Å²) in [5, 5.41) is 12.3. The fraction of sp³-hybridized carbons (Fsp3) is 0.500. The molecule has 1 rings (SSSR count). The fourth-order valence-electron chi connectivity index (χ4n) is 2.12. The molecular formula is C16H23NO4. The monoisotopic (exact) mass is 293 g/mol. The van der Waals surface area contributed by atoms with E-state index >= 15 is 0 Å². The van der Waals surface area contributed by atoms with Crippen LogP contribution in [0.5, 0.6) is 0 Å². The van der Waals surface area contributed by atoms with Crippen molar-refractivity contribution in [3.63, 3.8) is 0 Å². The van der Waals surface area contributed by atoms with E-state index in [9.17, 15) is 14.7 Å². The van der Waals surface area contributed by atoms with E-state index < -0.39 is 11.4 Å². The molecule has 0 aliphatic carbocycles. The highest BCUT2D eigenvalue weighted by Crippen LogP contribution is 2.27.